The number of nitrogens with one attached hydrogen (secondary N) is 1. The van der Waals surface area contributed by atoms with Crippen molar-refractivity contribution in [3.8, 4) is 0 Å². The monoisotopic (exact) mass is 477 g/mol. The number of rotatable bonds is 9. The molecule has 1 unspecified atom stereocenters. The zero-order chi connectivity index (χ0) is 24.8. The molecule has 0 aliphatic heterocycles. The van der Waals surface area contributed by atoms with Crippen LogP contribution in [-0.2, 0) is 26.2 Å². The third-order valence-corrected chi connectivity index (χ3v) is 6.01. The lowest BCUT2D eigenvalue weighted by atomic mass is 10.1. The Bertz CT molecular complexity index is 1070. The fourth-order valence-electron chi connectivity index (χ4n) is 3.40. The first-order chi connectivity index (χ1) is 15.3. The highest BCUT2D eigenvalue weighted by Gasteiger charge is 2.33. The number of hydrogen-bond acceptors (Lipinski definition) is 4. The normalized spacial score (nSPS) is 12.7. The molecule has 0 saturated heterocycles. The van der Waals surface area contributed by atoms with E-state index in [2.05, 4.69) is 5.32 Å². The van der Waals surface area contributed by atoms with Gasteiger partial charge in [-0.1, -0.05) is 49.4 Å². The van der Waals surface area contributed by atoms with Gasteiger partial charge in [0, 0.05) is 12.1 Å². The maximum Gasteiger partial charge on any atom is 0.244 e. The predicted molar refractivity (Wildman–Crippen MR) is 128 cm³/mol. The van der Waals surface area contributed by atoms with Gasteiger partial charge in [0.2, 0.25) is 21.8 Å². The van der Waals surface area contributed by atoms with Gasteiger partial charge in [0.1, 0.15) is 18.4 Å². The lowest BCUT2D eigenvalue weighted by molar-refractivity contribution is -0.141. The summed E-state index contributed by atoms with van der Waals surface area (Å²) in [6.07, 6.45) is 1.23. The Morgan fingerprint density at radius 3 is 2.12 bits per heavy atom. The van der Waals surface area contributed by atoms with E-state index in [0.717, 1.165) is 22.2 Å². The van der Waals surface area contributed by atoms with E-state index in [1.807, 2.05) is 51.1 Å². The summed E-state index contributed by atoms with van der Waals surface area (Å²) in [6.45, 7) is 6.76. The zero-order valence-corrected chi connectivity index (χ0v) is 20.5. The van der Waals surface area contributed by atoms with Gasteiger partial charge in [-0.25, -0.2) is 12.8 Å². The van der Waals surface area contributed by atoms with Crippen LogP contribution in [0.3, 0.4) is 0 Å². The number of amides is 2. The molecule has 0 bridgehead atoms. The fourth-order valence-corrected chi connectivity index (χ4v) is 4.25. The molecule has 9 heteroatoms. The van der Waals surface area contributed by atoms with Gasteiger partial charge in [-0.2, -0.15) is 0 Å². The van der Waals surface area contributed by atoms with E-state index < -0.39 is 39.9 Å². The van der Waals surface area contributed by atoms with Crippen LogP contribution in [0.2, 0.25) is 0 Å². The van der Waals surface area contributed by atoms with Crippen molar-refractivity contribution in [2.45, 2.75) is 52.2 Å². The molecule has 0 fully saturated rings. The van der Waals surface area contributed by atoms with Crippen LogP contribution in [0.1, 0.15) is 39.7 Å². The number of hydrogen-bond donors (Lipinski definition) is 1. The Labute approximate surface area is 195 Å². The summed E-state index contributed by atoms with van der Waals surface area (Å²) in [4.78, 5) is 27.9. The highest BCUT2D eigenvalue weighted by molar-refractivity contribution is 7.92. The van der Waals surface area contributed by atoms with Crippen LogP contribution < -0.4 is 9.62 Å². The van der Waals surface area contributed by atoms with Crippen LogP contribution in [0.4, 0.5) is 10.1 Å². The van der Waals surface area contributed by atoms with Crippen molar-refractivity contribution in [3.63, 3.8) is 0 Å². The average molecular weight is 478 g/mol. The van der Waals surface area contributed by atoms with Gasteiger partial charge < -0.3 is 10.2 Å². The highest BCUT2D eigenvalue weighted by Crippen LogP contribution is 2.22. The van der Waals surface area contributed by atoms with E-state index in [9.17, 15) is 22.4 Å². The van der Waals surface area contributed by atoms with Crippen molar-refractivity contribution >= 4 is 27.5 Å². The number of benzene rings is 2. The molecule has 0 aromatic heterocycles. The first-order valence-electron chi connectivity index (χ1n) is 10.7. The molecule has 2 amide bonds. The number of carbonyl (C=O) groups excluding carboxylic acids is 2. The average Bonchev–Trinajstić information content (AvgIpc) is 2.71. The Kier molecular flexibility index (Phi) is 8.60. The van der Waals surface area contributed by atoms with Crippen LogP contribution in [0.5, 0.6) is 0 Å². The lowest BCUT2D eigenvalue weighted by Gasteiger charge is -2.34. The molecule has 0 saturated carbocycles. The summed E-state index contributed by atoms with van der Waals surface area (Å²) in [5.41, 5.74) is 0.0441. The first-order valence-corrected chi connectivity index (χ1v) is 12.6. The van der Waals surface area contributed by atoms with E-state index in [4.69, 9.17) is 0 Å². The number of sulfonamides is 1. The SMILES string of the molecule is CCC(C(=O)NC(C)(C)C)N(Cc1ccccc1)C(=O)CN(c1ccccc1F)S(C)(=O)=O. The molecule has 1 N–H and O–H groups in total. The number of para-hydroxylation sites is 1. The van der Waals surface area contributed by atoms with Crippen molar-refractivity contribution in [3.05, 3.63) is 66.0 Å². The largest absolute Gasteiger partial charge is 0.350 e. The molecular weight excluding hydrogens is 445 g/mol. The molecule has 180 valence electrons. The summed E-state index contributed by atoms with van der Waals surface area (Å²) in [5, 5.41) is 2.89. The van der Waals surface area contributed by atoms with Crippen molar-refractivity contribution in [1.29, 1.82) is 0 Å². The maximum atomic E-state index is 14.4. The molecule has 2 rings (SSSR count). The Morgan fingerprint density at radius 1 is 1.03 bits per heavy atom. The Morgan fingerprint density at radius 2 is 1.61 bits per heavy atom. The molecule has 1 atom stereocenters. The summed E-state index contributed by atoms with van der Waals surface area (Å²) < 4.78 is 40.1. The second kappa shape index (κ2) is 10.8. The van der Waals surface area contributed by atoms with Crippen LogP contribution in [0, 0.1) is 5.82 Å². The van der Waals surface area contributed by atoms with Crippen LogP contribution >= 0.6 is 0 Å². The van der Waals surface area contributed by atoms with E-state index in [1.165, 1.54) is 23.1 Å². The van der Waals surface area contributed by atoms with Gasteiger partial charge in [-0.05, 0) is 44.9 Å². The number of carbonyl (C=O) groups is 2. The van der Waals surface area contributed by atoms with Crippen molar-refractivity contribution in [2.75, 3.05) is 17.1 Å². The molecule has 7 nitrogen and oxygen atoms in total. The minimum absolute atomic E-state index is 0.102. The summed E-state index contributed by atoms with van der Waals surface area (Å²) in [6, 6.07) is 13.6. The predicted octanol–water partition coefficient (Wildman–Crippen LogP) is 3.31. The Hall–Kier alpha value is -2.94. The van der Waals surface area contributed by atoms with Gasteiger partial charge in [-0.3, -0.25) is 13.9 Å². The standard InChI is InChI=1S/C24H32FN3O4S/c1-6-20(23(30)26-24(2,3)4)27(16-18-12-8-7-9-13-18)22(29)17-28(33(5,31)32)21-15-11-10-14-19(21)25/h7-15,20H,6,16-17H2,1-5H3,(H,26,30). The molecule has 2 aromatic carbocycles. The van der Waals surface area contributed by atoms with Crippen molar-refractivity contribution < 1.29 is 22.4 Å². The smallest absolute Gasteiger partial charge is 0.244 e. The second-order valence-corrected chi connectivity index (χ2v) is 10.8. The maximum absolute atomic E-state index is 14.4. The lowest BCUT2D eigenvalue weighted by Crippen LogP contribution is -2.55. The summed E-state index contributed by atoms with van der Waals surface area (Å²) in [5.74, 6) is -1.71. The topological polar surface area (TPSA) is 86.8 Å². The van der Waals surface area contributed by atoms with Gasteiger partial charge >= 0.3 is 0 Å². The molecule has 2 aromatic rings. The molecule has 0 aliphatic rings. The fraction of sp³-hybridized carbons (Fsp3) is 0.417. The highest BCUT2D eigenvalue weighted by atomic mass is 32.2. The van der Waals surface area contributed by atoms with E-state index in [1.54, 1.807) is 6.92 Å². The zero-order valence-electron chi connectivity index (χ0n) is 19.7. The van der Waals surface area contributed by atoms with Gasteiger partial charge in [0.25, 0.3) is 0 Å². The van der Waals surface area contributed by atoms with Crippen LogP contribution in [-0.4, -0.2) is 49.5 Å². The number of nitrogens with zero attached hydrogens (tertiary/aromatic N) is 2. The minimum atomic E-state index is -3.98. The molecular formula is C24H32FN3O4S. The van der Waals surface area contributed by atoms with E-state index >= 15 is 0 Å². The molecule has 0 spiro atoms. The van der Waals surface area contributed by atoms with Crippen molar-refractivity contribution in [1.82, 2.24) is 10.2 Å². The quantitative estimate of drug-likeness (QED) is 0.600. The Balaban J connectivity index is 2.44. The van der Waals surface area contributed by atoms with Gasteiger partial charge in [-0.15, -0.1) is 0 Å². The van der Waals surface area contributed by atoms with E-state index in [0.29, 0.717) is 6.42 Å². The third-order valence-electron chi connectivity index (χ3n) is 4.88. The van der Waals surface area contributed by atoms with Crippen LogP contribution in [0.15, 0.2) is 54.6 Å². The third kappa shape index (κ3) is 7.56. The number of halogens is 1. The van der Waals surface area contributed by atoms with Gasteiger partial charge in [0.05, 0.1) is 11.9 Å². The van der Waals surface area contributed by atoms with E-state index in [-0.39, 0.29) is 18.1 Å². The molecule has 33 heavy (non-hydrogen) atoms. The molecule has 0 heterocycles. The summed E-state index contributed by atoms with van der Waals surface area (Å²) in [7, 11) is -3.98. The van der Waals surface area contributed by atoms with Crippen molar-refractivity contribution in [2.24, 2.45) is 0 Å². The van der Waals surface area contributed by atoms with Gasteiger partial charge in [0.15, 0.2) is 0 Å². The molecule has 0 aliphatic carbocycles. The first kappa shape index (κ1) is 26.3. The second-order valence-electron chi connectivity index (χ2n) is 8.89. The number of anilines is 1. The molecule has 0 radical (unpaired) electrons. The minimum Gasteiger partial charge on any atom is -0.350 e. The van der Waals surface area contributed by atoms with Crippen LogP contribution in [0.25, 0.3) is 0 Å². The summed E-state index contributed by atoms with van der Waals surface area (Å²) >= 11 is 0.